The van der Waals surface area contributed by atoms with Crippen LogP contribution in [0.15, 0.2) is 24.3 Å². The maximum absolute atomic E-state index is 13.6. The molecule has 1 aliphatic heterocycles. The maximum Gasteiger partial charge on any atom is 0.251 e. The Kier molecular flexibility index (Phi) is 4.74. The van der Waals surface area contributed by atoms with Crippen molar-refractivity contribution >= 4 is 11.9 Å². The minimum atomic E-state index is -0.378. The van der Waals surface area contributed by atoms with Crippen molar-refractivity contribution in [1.29, 1.82) is 0 Å². The average molecular weight is 328 g/mol. The van der Waals surface area contributed by atoms with Gasteiger partial charge in [-0.2, -0.15) is 0 Å². The number of benzene rings is 1. The zero-order valence-electron chi connectivity index (χ0n) is 14.0. The Balaban J connectivity index is 1.69. The van der Waals surface area contributed by atoms with Gasteiger partial charge in [-0.05, 0) is 50.5 Å². The number of amides is 1. The third-order valence-corrected chi connectivity index (χ3v) is 4.15. The van der Waals surface area contributed by atoms with Crippen LogP contribution in [0.1, 0.15) is 40.2 Å². The van der Waals surface area contributed by atoms with Crippen LogP contribution in [0.2, 0.25) is 0 Å². The van der Waals surface area contributed by atoms with Crippen molar-refractivity contribution in [2.24, 2.45) is 0 Å². The summed E-state index contributed by atoms with van der Waals surface area (Å²) in [6.07, 6.45) is 2.31. The number of carbonyl (C=O) groups excluding carboxylic acids is 1. The number of anilines is 1. The van der Waals surface area contributed by atoms with Gasteiger partial charge >= 0.3 is 0 Å². The van der Waals surface area contributed by atoms with Crippen molar-refractivity contribution in [3.63, 3.8) is 0 Å². The molecule has 0 aliphatic carbocycles. The molecular weight excluding hydrogens is 307 g/mol. The second-order valence-corrected chi connectivity index (χ2v) is 6.14. The zero-order valence-corrected chi connectivity index (χ0v) is 14.0. The lowest BCUT2D eigenvalue weighted by Gasteiger charge is -2.16. The molecule has 0 spiro atoms. The molecule has 2 heterocycles. The maximum atomic E-state index is 13.6. The van der Waals surface area contributed by atoms with E-state index < -0.39 is 0 Å². The smallest absolute Gasteiger partial charge is 0.251 e. The fourth-order valence-corrected chi connectivity index (χ4v) is 2.77. The molecule has 6 heteroatoms. The number of aryl methyl sites for hydroxylation is 2. The van der Waals surface area contributed by atoms with Gasteiger partial charge in [0.25, 0.3) is 5.91 Å². The minimum Gasteiger partial charge on any atom is -0.346 e. The highest BCUT2D eigenvalue weighted by Gasteiger charge is 2.16. The summed E-state index contributed by atoms with van der Waals surface area (Å²) in [6.45, 7) is 5.82. The lowest BCUT2D eigenvalue weighted by atomic mass is 10.1. The summed E-state index contributed by atoms with van der Waals surface area (Å²) in [5.74, 6) is 0.0304. The van der Waals surface area contributed by atoms with Gasteiger partial charge in [0.2, 0.25) is 5.95 Å². The van der Waals surface area contributed by atoms with Gasteiger partial charge in [-0.15, -0.1) is 0 Å². The Hall–Kier alpha value is -2.50. The van der Waals surface area contributed by atoms with Crippen LogP contribution < -0.4 is 10.2 Å². The van der Waals surface area contributed by atoms with Gasteiger partial charge in [-0.3, -0.25) is 4.79 Å². The Bertz CT molecular complexity index is 757. The van der Waals surface area contributed by atoms with E-state index in [0.29, 0.717) is 17.7 Å². The van der Waals surface area contributed by atoms with Crippen LogP contribution in [0.5, 0.6) is 0 Å². The van der Waals surface area contributed by atoms with E-state index in [-0.39, 0.29) is 11.7 Å². The summed E-state index contributed by atoms with van der Waals surface area (Å²) in [6, 6.07) is 6.33. The van der Waals surface area contributed by atoms with Crippen LogP contribution in [0, 0.1) is 19.7 Å². The second kappa shape index (κ2) is 6.95. The SMILES string of the molecule is Cc1cc(CNC(=O)c2ccc(C)c(F)c2)nc(N2CCCC2)n1. The molecule has 0 saturated carbocycles. The lowest BCUT2D eigenvalue weighted by Crippen LogP contribution is -2.25. The molecule has 5 nitrogen and oxygen atoms in total. The summed E-state index contributed by atoms with van der Waals surface area (Å²) in [5.41, 5.74) is 2.46. The molecule has 3 rings (SSSR count). The van der Waals surface area contributed by atoms with Crippen molar-refractivity contribution in [3.05, 3.63) is 52.6 Å². The van der Waals surface area contributed by atoms with E-state index in [4.69, 9.17) is 0 Å². The molecule has 1 aromatic heterocycles. The van der Waals surface area contributed by atoms with Gasteiger partial charge in [-0.25, -0.2) is 14.4 Å². The van der Waals surface area contributed by atoms with E-state index in [2.05, 4.69) is 20.2 Å². The van der Waals surface area contributed by atoms with E-state index in [9.17, 15) is 9.18 Å². The molecule has 1 saturated heterocycles. The second-order valence-electron chi connectivity index (χ2n) is 6.14. The molecule has 1 aliphatic rings. The highest BCUT2D eigenvalue weighted by Crippen LogP contribution is 2.17. The van der Waals surface area contributed by atoms with Gasteiger partial charge in [-0.1, -0.05) is 6.07 Å². The third-order valence-electron chi connectivity index (χ3n) is 4.15. The van der Waals surface area contributed by atoms with E-state index in [1.807, 2.05) is 13.0 Å². The number of halogens is 1. The van der Waals surface area contributed by atoms with Crippen molar-refractivity contribution in [2.45, 2.75) is 33.2 Å². The summed E-state index contributed by atoms with van der Waals surface area (Å²) in [5, 5.41) is 2.79. The Morgan fingerprint density at radius 2 is 1.96 bits per heavy atom. The molecule has 0 atom stereocenters. The van der Waals surface area contributed by atoms with Gasteiger partial charge in [0.1, 0.15) is 5.82 Å². The first-order valence-corrected chi connectivity index (χ1v) is 8.17. The Labute approximate surface area is 140 Å². The highest BCUT2D eigenvalue weighted by molar-refractivity contribution is 5.94. The molecule has 1 N–H and O–H groups in total. The molecule has 0 bridgehead atoms. The highest BCUT2D eigenvalue weighted by atomic mass is 19.1. The molecule has 24 heavy (non-hydrogen) atoms. The van der Waals surface area contributed by atoms with Crippen molar-refractivity contribution in [1.82, 2.24) is 15.3 Å². The number of nitrogens with zero attached hydrogens (tertiary/aromatic N) is 3. The first-order chi connectivity index (χ1) is 11.5. The predicted octanol–water partition coefficient (Wildman–Crippen LogP) is 2.76. The van der Waals surface area contributed by atoms with E-state index >= 15 is 0 Å². The van der Waals surface area contributed by atoms with Crippen molar-refractivity contribution in [3.8, 4) is 0 Å². The van der Waals surface area contributed by atoms with Crippen LogP contribution in [0.4, 0.5) is 10.3 Å². The van der Waals surface area contributed by atoms with Crippen LogP contribution in [-0.2, 0) is 6.54 Å². The Morgan fingerprint density at radius 3 is 2.67 bits per heavy atom. The van der Waals surface area contributed by atoms with Gasteiger partial charge in [0.15, 0.2) is 0 Å². The molecule has 2 aromatic rings. The predicted molar refractivity (Wildman–Crippen MR) is 90.5 cm³/mol. The van der Waals surface area contributed by atoms with E-state index in [1.54, 1.807) is 19.1 Å². The number of aromatic nitrogens is 2. The number of carbonyl (C=O) groups is 1. The van der Waals surface area contributed by atoms with Crippen LogP contribution in [0.3, 0.4) is 0 Å². The van der Waals surface area contributed by atoms with Crippen LogP contribution >= 0.6 is 0 Å². The Morgan fingerprint density at radius 1 is 1.21 bits per heavy atom. The number of rotatable bonds is 4. The number of nitrogens with one attached hydrogen (secondary N) is 1. The molecule has 1 amide bonds. The topological polar surface area (TPSA) is 58.1 Å². The number of hydrogen-bond acceptors (Lipinski definition) is 4. The average Bonchev–Trinajstić information content (AvgIpc) is 3.09. The van der Waals surface area contributed by atoms with Crippen molar-refractivity contribution in [2.75, 3.05) is 18.0 Å². The minimum absolute atomic E-state index is 0.290. The standard InChI is InChI=1S/C18H21FN4O/c1-12-5-6-14(10-16(12)19)17(24)20-11-15-9-13(2)21-18(22-15)23-7-3-4-8-23/h5-6,9-10H,3-4,7-8,11H2,1-2H3,(H,20,24). The quantitative estimate of drug-likeness (QED) is 0.937. The van der Waals surface area contributed by atoms with Crippen LogP contribution in [0.25, 0.3) is 0 Å². The van der Waals surface area contributed by atoms with Gasteiger partial charge < -0.3 is 10.2 Å². The first-order valence-electron chi connectivity index (χ1n) is 8.17. The third kappa shape index (κ3) is 3.69. The van der Waals surface area contributed by atoms with Crippen LogP contribution in [-0.4, -0.2) is 29.0 Å². The number of hydrogen-bond donors (Lipinski definition) is 1. The zero-order chi connectivity index (χ0) is 17.1. The molecular formula is C18H21FN4O. The molecule has 1 fully saturated rings. The largest absolute Gasteiger partial charge is 0.346 e. The fourth-order valence-electron chi connectivity index (χ4n) is 2.77. The summed E-state index contributed by atoms with van der Waals surface area (Å²) in [4.78, 5) is 23.4. The van der Waals surface area contributed by atoms with Gasteiger partial charge in [0, 0.05) is 24.3 Å². The molecule has 0 radical (unpaired) electrons. The fraction of sp³-hybridized carbons (Fsp3) is 0.389. The lowest BCUT2D eigenvalue weighted by molar-refractivity contribution is 0.0950. The summed E-state index contributed by atoms with van der Waals surface area (Å²) >= 11 is 0. The normalized spacial score (nSPS) is 14.0. The van der Waals surface area contributed by atoms with E-state index in [1.165, 1.54) is 6.07 Å². The summed E-state index contributed by atoms with van der Waals surface area (Å²) < 4.78 is 13.6. The van der Waals surface area contributed by atoms with Gasteiger partial charge in [0.05, 0.1) is 12.2 Å². The van der Waals surface area contributed by atoms with E-state index in [0.717, 1.165) is 43.3 Å². The molecule has 0 unspecified atom stereocenters. The monoisotopic (exact) mass is 328 g/mol. The molecule has 1 aromatic carbocycles. The molecule has 126 valence electrons. The summed E-state index contributed by atoms with van der Waals surface area (Å²) in [7, 11) is 0. The van der Waals surface area contributed by atoms with Crippen molar-refractivity contribution < 1.29 is 9.18 Å². The first kappa shape index (κ1) is 16.4.